The molecule has 1 aromatic rings. The average Bonchev–Trinajstić information content (AvgIpc) is 2.63. The maximum Gasteiger partial charge on any atom is 0.335 e. The smallest absolute Gasteiger partial charge is 0.281 e. The van der Waals surface area contributed by atoms with Crippen LogP contribution in [0.15, 0.2) is 11.1 Å². The Labute approximate surface area is 75.4 Å². The van der Waals surface area contributed by atoms with Gasteiger partial charge in [-0.1, -0.05) is 0 Å². The molecule has 1 aromatic heterocycles. The van der Waals surface area contributed by atoms with Crippen molar-refractivity contribution in [3.05, 3.63) is 11.9 Å². The Morgan fingerprint density at radius 1 is 1.62 bits per heavy atom. The molecule has 0 amide bonds. The van der Waals surface area contributed by atoms with Crippen molar-refractivity contribution in [3.8, 4) is 0 Å². The molecule has 0 atom stereocenters. The van der Waals surface area contributed by atoms with E-state index in [4.69, 9.17) is 0 Å². The van der Waals surface area contributed by atoms with Crippen LogP contribution in [0.2, 0.25) is 0 Å². The molecule has 1 fully saturated rings. The van der Waals surface area contributed by atoms with Crippen LogP contribution in [-0.2, 0) is 16.6 Å². The molecular formula is C7H9FN2O2S. The molecule has 0 unspecified atom stereocenters. The van der Waals surface area contributed by atoms with Gasteiger partial charge < -0.3 is 0 Å². The molecule has 4 nitrogen and oxygen atoms in total. The topological polar surface area (TPSA) is 62.8 Å². The lowest BCUT2D eigenvalue weighted by Gasteiger charge is -1.95. The van der Waals surface area contributed by atoms with Gasteiger partial charge in [-0.25, -0.2) is 0 Å². The lowest BCUT2D eigenvalue weighted by atomic mass is 10.2. The van der Waals surface area contributed by atoms with E-state index < -0.39 is 10.2 Å². The van der Waals surface area contributed by atoms with Crippen molar-refractivity contribution < 1.29 is 12.3 Å². The van der Waals surface area contributed by atoms with Gasteiger partial charge in [0.25, 0.3) is 0 Å². The van der Waals surface area contributed by atoms with Gasteiger partial charge in [0.2, 0.25) is 0 Å². The molecule has 1 saturated carbocycles. The minimum Gasteiger partial charge on any atom is -0.281 e. The Morgan fingerprint density at radius 3 is 2.85 bits per heavy atom. The molecule has 6 heteroatoms. The Balaban J connectivity index is 2.29. The van der Waals surface area contributed by atoms with Crippen molar-refractivity contribution in [2.75, 3.05) is 0 Å². The molecular weight excluding hydrogens is 195 g/mol. The zero-order chi connectivity index (χ0) is 9.47. The van der Waals surface area contributed by atoms with E-state index in [1.807, 2.05) is 0 Å². The second kappa shape index (κ2) is 2.80. The summed E-state index contributed by atoms with van der Waals surface area (Å²) < 4.78 is 33.8. The van der Waals surface area contributed by atoms with E-state index in [9.17, 15) is 12.3 Å². The summed E-state index contributed by atoms with van der Waals surface area (Å²) >= 11 is 0. The van der Waals surface area contributed by atoms with Crippen molar-refractivity contribution in [2.45, 2.75) is 24.2 Å². The SMILES string of the molecule is O=S(=O)(F)c1cn[nH]c1CC1CC1. The highest BCUT2D eigenvalue weighted by molar-refractivity contribution is 7.86. The largest absolute Gasteiger partial charge is 0.335 e. The van der Waals surface area contributed by atoms with Crippen LogP contribution in [0.1, 0.15) is 18.5 Å². The lowest BCUT2D eigenvalue weighted by Crippen LogP contribution is -1.97. The summed E-state index contributed by atoms with van der Waals surface area (Å²) in [5.74, 6) is 0.501. The van der Waals surface area contributed by atoms with Gasteiger partial charge in [0.1, 0.15) is 4.90 Å². The molecule has 2 rings (SSSR count). The number of nitrogens with zero attached hydrogens (tertiary/aromatic N) is 1. The van der Waals surface area contributed by atoms with Crippen LogP contribution >= 0.6 is 0 Å². The third kappa shape index (κ3) is 1.88. The standard InChI is InChI=1S/C7H9FN2O2S/c8-13(11,12)7-4-9-10-6(7)3-5-1-2-5/h4-5H,1-3H2,(H,9,10). The monoisotopic (exact) mass is 204 g/mol. The molecule has 13 heavy (non-hydrogen) atoms. The number of hydrogen-bond donors (Lipinski definition) is 1. The van der Waals surface area contributed by atoms with Crippen LogP contribution < -0.4 is 0 Å². The van der Waals surface area contributed by atoms with Crippen molar-refractivity contribution >= 4 is 10.2 Å². The molecule has 0 spiro atoms. The molecule has 0 saturated heterocycles. The second-order valence-corrected chi connectivity index (χ2v) is 4.61. The highest BCUT2D eigenvalue weighted by Crippen LogP contribution is 2.33. The van der Waals surface area contributed by atoms with E-state index in [2.05, 4.69) is 10.2 Å². The third-order valence-corrected chi connectivity index (χ3v) is 3.01. The Bertz CT molecular complexity index is 408. The summed E-state index contributed by atoms with van der Waals surface area (Å²) in [7, 11) is -4.60. The molecule has 1 aliphatic carbocycles. The molecule has 1 N–H and O–H groups in total. The molecule has 0 aromatic carbocycles. The van der Waals surface area contributed by atoms with Crippen molar-refractivity contribution in [1.82, 2.24) is 10.2 Å². The molecule has 0 radical (unpaired) electrons. The Kier molecular flexibility index (Phi) is 1.87. The number of hydrogen-bond acceptors (Lipinski definition) is 3. The zero-order valence-electron chi connectivity index (χ0n) is 6.83. The molecule has 0 bridgehead atoms. The predicted molar refractivity (Wildman–Crippen MR) is 43.3 cm³/mol. The van der Waals surface area contributed by atoms with Crippen molar-refractivity contribution in [1.29, 1.82) is 0 Å². The van der Waals surface area contributed by atoms with Gasteiger partial charge in [0.15, 0.2) is 0 Å². The summed E-state index contributed by atoms with van der Waals surface area (Å²) in [5, 5.41) is 6.04. The normalized spacial score (nSPS) is 17.6. The lowest BCUT2D eigenvalue weighted by molar-refractivity contribution is 0.550. The summed E-state index contributed by atoms with van der Waals surface area (Å²) in [6.07, 6.45) is 3.78. The molecule has 1 aliphatic rings. The number of aromatic amines is 1. The average molecular weight is 204 g/mol. The number of aromatic nitrogens is 2. The number of halogens is 1. The first-order valence-corrected chi connectivity index (χ1v) is 5.42. The minimum atomic E-state index is -4.60. The van der Waals surface area contributed by atoms with Crippen LogP contribution in [0.25, 0.3) is 0 Å². The second-order valence-electron chi connectivity index (χ2n) is 3.30. The fourth-order valence-corrected chi connectivity index (χ4v) is 1.87. The van der Waals surface area contributed by atoms with Gasteiger partial charge in [0.05, 0.1) is 11.9 Å². The fourth-order valence-electron chi connectivity index (χ4n) is 1.27. The number of nitrogens with one attached hydrogen (secondary N) is 1. The first kappa shape index (κ1) is 8.68. The maximum absolute atomic E-state index is 12.6. The number of H-pyrrole nitrogens is 1. The Morgan fingerprint density at radius 2 is 2.31 bits per heavy atom. The summed E-state index contributed by atoms with van der Waals surface area (Å²) in [6, 6.07) is 0. The first-order valence-electron chi connectivity index (χ1n) is 4.04. The first-order chi connectivity index (χ1) is 6.07. The number of rotatable bonds is 3. The van der Waals surface area contributed by atoms with E-state index in [1.165, 1.54) is 0 Å². The van der Waals surface area contributed by atoms with Crippen molar-refractivity contribution in [2.24, 2.45) is 5.92 Å². The van der Waals surface area contributed by atoms with Crippen LogP contribution in [-0.4, -0.2) is 18.6 Å². The molecule has 0 aliphatic heterocycles. The van der Waals surface area contributed by atoms with E-state index >= 15 is 0 Å². The van der Waals surface area contributed by atoms with Crippen LogP contribution in [0.3, 0.4) is 0 Å². The van der Waals surface area contributed by atoms with E-state index in [0.29, 0.717) is 18.0 Å². The zero-order valence-corrected chi connectivity index (χ0v) is 7.64. The van der Waals surface area contributed by atoms with Gasteiger partial charge in [-0.2, -0.15) is 13.5 Å². The van der Waals surface area contributed by atoms with Gasteiger partial charge in [0, 0.05) is 0 Å². The van der Waals surface area contributed by atoms with E-state index in [1.54, 1.807) is 0 Å². The van der Waals surface area contributed by atoms with Gasteiger partial charge in [-0.3, -0.25) is 5.10 Å². The quantitative estimate of drug-likeness (QED) is 0.748. The predicted octanol–water partition coefficient (Wildman–Crippen LogP) is 1.02. The van der Waals surface area contributed by atoms with Crippen LogP contribution in [0.4, 0.5) is 3.89 Å². The van der Waals surface area contributed by atoms with Gasteiger partial charge in [-0.05, 0) is 25.2 Å². The third-order valence-electron chi connectivity index (χ3n) is 2.13. The van der Waals surface area contributed by atoms with E-state index in [-0.39, 0.29) is 4.90 Å². The van der Waals surface area contributed by atoms with Crippen molar-refractivity contribution in [3.63, 3.8) is 0 Å². The Hall–Kier alpha value is -0.910. The fraction of sp³-hybridized carbons (Fsp3) is 0.571. The summed E-state index contributed by atoms with van der Waals surface area (Å²) in [5.41, 5.74) is 0.394. The molecule has 72 valence electrons. The highest BCUT2D eigenvalue weighted by Gasteiger charge is 2.27. The highest BCUT2D eigenvalue weighted by atomic mass is 32.3. The van der Waals surface area contributed by atoms with Crippen LogP contribution in [0, 0.1) is 5.92 Å². The summed E-state index contributed by atoms with van der Waals surface area (Å²) in [4.78, 5) is -0.306. The van der Waals surface area contributed by atoms with Crippen LogP contribution in [0.5, 0.6) is 0 Å². The van der Waals surface area contributed by atoms with Gasteiger partial charge >= 0.3 is 10.2 Å². The van der Waals surface area contributed by atoms with Gasteiger partial charge in [-0.15, -0.1) is 3.89 Å². The maximum atomic E-state index is 12.6. The molecule has 1 heterocycles. The van der Waals surface area contributed by atoms with E-state index in [0.717, 1.165) is 19.0 Å². The minimum absolute atomic E-state index is 0.306. The summed E-state index contributed by atoms with van der Waals surface area (Å²) in [6.45, 7) is 0.